The Morgan fingerprint density at radius 1 is 1.24 bits per heavy atom. The van der Waals surface area contributed by atoms with E-state index in [2.05, 4.69) is 64.9 Å². The summed E-state index contributed by atoms with van der Waals surface area (Å²) >= 11 is 1.85. The molecule has 0 aromatic heterocycles. The Hall–Kier alpha value is -1.24. The number of nitrogens with zero attached hydrogens (tertiary/aromatic N) is 2. The van der Waals surface area contributed by atoms with Crippen molar-refractivity contribution in [1.29, 1.82) is 0 Å². The number of hydrogen-bond donors (Lipinski definition) is 2. The number of hydrogen-bond acceptors (Lipinski definition) is 4. The third-order valence-corrected chi connectivity index (χ3v) is 5.67. The fourth-order valence-corrected chi connectivity index (χ4v) is 2.85. The molecule has 0 spiro atoms. The van der Waals surface area contributed by atoms with Crippen LogP contribution in [0, 0.1) is 0 Å². The highest BCUT2D eigenvalue weighted by Gasteiger charge is 2.16. The zero-order valence-corrected chi connectivity index (χ0v) is 16.8. The van der Waals surface area contributed by atoms with Gasteiger partial charge in [0.25, 0.3) is 0 Å². The lowest BCUT2D eigenvalue weighted by Gasteiger charge is -2.26. The van der Waals surface area contributed by atoms with Crippen LogP contribution in [0.3, 0.4) is 0 Å². The molecule has 5 nitrogen and oxygen atoms in total. The number of nitrogens with one attached hydrogen (secondary N) is 2. The monoisotopic (exact) mass is 364 g/mol. The summed E-state index contributed by atoms with van der Waals surface area (Å²) < 4.78 is 5.61. The SMILES string of the molecule is CN=C(NCc1cccc(CN2CCOCC2)c1)NCC(C)(C)SC. The van der Waals surface area contributed by atoms with E-state index in [9.17, 15) is 0 Å². The highest BCUT2D eigenvalue weighted by Crippen LogP contribution is 2.19. The number of aliphatic imine (C=N–C) groups is 1. The van der Waals surface area contributed by atoms with Crippen molar-refractivity contribution in [2.24, 2.45) is 4.99 Å². The summed E-state index contributed by atoms with van der Waals surface area (Å²) in [6.45, 7) is 10.8. The molecule has 0 amide bonds. The average molecular weight is 365 g/mol. The number of guanidine groups is 1. The van der Waals surface area contributed by atoms with E-state index in [-0.39, 0.29) is 4.75 Å². The summed E-state index contributed by atoms with van der Waals surface area (Å²) in [6, 6.07) is 8.78. The fraction of sp³-hybridized carbons (Fsp3) is 0.632. The van der Waals surface area contributed by atoms with Crippen molar-refractivity contribution in [1.82, 2.24) is 15.5 Å². The molecule has 140 valence electrons. The number of ether oxygens (including phenoxy) is 1. The third kappa shape index (κ3) is 7.26. The lowest BCUT2D eigenvalue weighted by Crippen LogP contribution is -2.43. The van der Waals surface area contributed by atoms with Crippen LogP contribution in [0.5, 0.6) is 0 Å². The molecule has 1 fully saturated rings. The maximum absolute atomic E-state index is 5.42. The summed E-state index contributed by atoms with van der Waals surface area (Å²) in [7, 11) is 1.82. The Morgan fingerprint density at radius 2 is 1.96 bits per heavy atom. The van der Waals surface area contributed by atoms with Gasteiger partial charge in [-0.1, -0.05) is 24.3 Å². The highest BCUT2D eigenvalue weighted by atomic mass is 32.2. The Bertz CT molecular complexity index is 556. The predicted molar refractivity (Wildman–Crippen MR) is 108 cm³/mol. The standard InChI is InChI=1S/C19H32N4OS/c1-19(2,25-4)15-22-18(20-3)21-13-16-6-5-7-17(12-16)14-23-8-10-24-11-9-23/h5-7,12H,8-11,13-15H2,1-4H3,(H2,20,21,22). The van der Waals surface area contributed by atoms with Gasteiger partial charge in [-0.25, -0.2) is 0 Å². The normalized spacial score (nSPS) is 16.7. The minimum atomic E-state index is 0.190. The van der Waals surface area contributed by atoms with Gasteiger partial charge in [0.2, 0.25) is 0 Å². The molecule has 0 saturated carbocycles. The largest absolute Gasteiger partial charge is 0.379 e. The maximum atomic E-state index is 5.42. The molecular formula is C19H32N4OS. The first-order valence-electron chi connectivity index (χ1n) is 8.90. The molecule has 0 bridgehead atoms. The minimum Gasteiger partial charge on any atom is -0.379 e. The van der Waals surface area contributed by atoms with E-state index in [4.69, 9.17) is 4.74 Å². The van der Waals surface area contributed by atoms with Crippen LogP contribution < -0.4 is 10.6 Å². The van der Waals surface area contributed by atoms with Gasteiger partial charge in [-0.15, -0.1) is 0 Å². The quantitative estimate of drug-likeness (QED) is 0.574. The molecule has 1 aromatic carbocycles. The van der Waals surface area contributed by atoms with E-state index < -0.39 is 0 Å². The Balaban J connectivity index is 1.84. The number of morpholine rings is 1. The second-order valence-corrected chi connectivity index (χ2v) is 8.47. The summed E-state index contributed by atoms with van der Waals surface area (Å²) in [4.78, 5) is 6.77. The van der Waals surface area contributed by atoms with E-state index in [1.807, 2.05) is 18.8 Å². The molecule has 0 unspecified atom stereocenters. The van der Waals surface area contributed by atoms with E-state index in [1.54, 1.807) is 0 Å². The molecule has 1 saturated heterocycles. The van der Waals surface area contributed by atoms with Crippen molar-refractivity contribution >= 4 is 17.7 Å². The van der Waals surface area contributed by atoms with Crippen molar-refractivity contribution in [2.45, 2.75) is 31.7 Å². The Kier molecular flexibility index (Phi) is 8.06. The second-order valence-electron chi connectivity index (χ2n) is 6.95. The molecular weight excluding hydrogens is 332 g/mol. The van der Waals surface area contributed by atoms with Crippen LogP contribution >= 0.6 is 11.8 Å². The highest BCUT2D eigenvalue weighted by molar-refractivity contribution is 7.99. The summed E-state index contributed by atoms with van der Waals surface area (Å²) in [5.41, 5.74) is 2.63. The van der Waals surface area contributed by atoms with Crippen LogP contribution in [0.25, 0.3) is 0 Å². The van der Waals surface area contributed by atoms with Gasteiger partial charge >= 0.3 is 0 Å². The lowest BCUT2D eigenvalue weighted by atomic mass is 10.1. The van der Waals surface area contributed by atoms with Crippen LogP contribution in [0.2, 0.25) is 0 Å². The van der Waals surface area contributed by atoms with Crippen LogP contribution in [-0.4, -0.2) is 61.8 Å². The van der Waals surface area contributed by atoms with Crippen molar-refractivity contribution < 1.29 is 4.74 Å². The molecule has 1 aromatic rings. The molecule has 2 N–H and O–H groups in total. The van der Waals surface area contributed by atoms with Crippen LogP contribution in [0.1, 0.15) is 25.0 Å². The van der Waals surface area contributed by atoms with Gasteiger partial charge in [0.15, 0.2) is 5.96 Å². The Morgan fingerprint density at radius 3 is 2.64 bits per heavy atom. The van der Waals surface area contributed by atoms with Gasteiger partial charge in [0.1, 0.15) is 0 Å². The van der Waals surface area contributed by atoms with Crippen molar-refractivity contribution in [3.05, 3.63) is 35.4 Å². The maximum Gasteiger partial charge on any atom is 0.191 e. The van der Waals surface area contributed by atoms with Crippen molar-refractivity contribution in [2.75, 3.05) is 46.2 Å². The molecule has 25 heavy (non-hydrogen) atoms. The molecule has 1 aliphatic rings. The summed E-state index contributed by atoms with van der Waals surface area (Å²) in [5, 5.41) is 6.82. The van der Waals surface area contributed by atoms with Crippen molar-refractivity contribution in [3.8, 4) is 0 Å². The van der Waals surface area contributed by atoms with Gasteiger partial charge in [-0.3, -0.25) is 9.89 Å². The van der Waals surface area contributed by atoms with E-state index >= 15 is 0 Å². The first-order valence-corrected chi connectivity index (χ1v) is 10.1. The van der Waals surface area contributed by atoms with Gasteiger partial charge in [0, 0.05) is 44.5 Å². The van der Waals surface area contributed by atoms with Crippen LogP contribution in [-0.2, 0) is 17.8 Å². The van der Waals surface area contributed by atoms with Crippen LogP contribution in [0.15, 0.2) is 29.3 Å². The predicted octanol–water partition coefficient (Wildman–Crippen LogP) is 2.33. The summed E-state index contributed by atoms with van der Waals surface area (Å²) in [6.07, 6.45) is 2.14. The molecule has 1 heterocycles. The average Bonchev–Trinajstić information content (AvgIpc) is 2.63. The van der Waals surface area contributed by atoms with E-state index in [0.29, 0.717) is 0 Å². The summed E-state index contributed by atoms with van der Waals surface area (Å²) in [5.74, 6) is 0.848. The molecule has 2 rings (SSSR count). The number of thioether (sulfide) groups is 1. The van der Waals surface area contributed by atoms with Crippen LogP contribution in [0.4, 0.5) is 0 Å². The van der Waals surface area contributed by atoms with Gasteiger partial charge < -0.3 is 15.4 Å². The molecule has 0 radical (unpaired) electrons. The van der Waals surface area contributed by atoms with E-state index in [0.717, 1.165) is 51.9 Å². The third-order valence-electron chi connectivity index (χ3n) is 4.42. The fourth-order valence-electron chi connectivity index (χ4n) is 2.63. The number of benzene rings is 1. The molecule has 6 heteroatoms. The topological polar surface area (TPSA) is 48.9 Å². The van der Waals surface area contributed by atoms with Gasteiger partial charge in [0.05, 0.1) is 13.2 Å². The first kappa shape index (κ1) is 20.1. The van der Waals surface area contributed by atoms with Crippen molar-refractivity contribution in [3.63, 3.8) is 0 Å². The van der Waals surface area contributed by atoms with Gasteiger partial charge in [-0.05, 0) is 31.2 Å². The minimum absolute atomic E-state index is 0.190. The molecule has 1 aliphatic heterocycles. The van der Waals surface area contributed by atoms with Gasteiger partial charge in [-0.2, -0.15) is 11.8 Å². The lowest BCUT2D eigenvalue weighted by molar-refractivity contribution is 0.0342. The smallest absolute Gasteiger partial charge is 0.191 e. The zero-order chi connectivity index (χ0) is 18.1. The molecule has 0 atom stereocenters. The van der Waals surface area contributed by atoms with E-state index in [1.165, 1.54) is 11.1 Å². The first-order chi connectivity index (χ1) is 12.0. The second kappa shape index (κ2) is 10.0. The molecule has 0 aliphatic carbocycles. The Labute approximate surface area is 156 Å². The number of rotatable bonds is 7. The zero-order valence-electron chi connectivity index (χ0n) is 16.0.